The summed E-state index contributed by atoms with van der Waals surface area (Å²) in [6, 6.07) is 31.9. The topological polar surface area (TPSA) is 6.48 Å². The van der Waals surface area contributed by atoms with Crippen molar-refractivity contribution in [3.63, 3.8) is 0 Å². The minimum absolute atomic E-state index is 0.0476. The molecule has 0 atom stereocenters. The molecule has 372 valence electrons. The van der Waals surface area contributed by atoms with Crippen molar-refractivity contribution in [2.24, 2.45) is 0 Å². The molecule has 0 fully saturated rings. The van der Waals surface area contributed by atoms with Gasteiger partial charge in [0.25, 0.3) is 0 Å². The summed E-state index contributed by atoms with van der Waals surface area (Å²) in [5, 5.41) is 8.21. The zero-order valence-electron chi connectivity index (χ0n) is 45.9. The molecule has 0 saturated heterocycles. The average Bonchev–Trinajstić information content (AvgIpc) is 3.90. The molecule has 5 aromatic carbocycles. The monoisotopic (exact) mass is 999 g/mol. The van der Waals surface area contributed by atoms with Gasteiger partial charge in [-0.2, -0.15) is 0 Å². The van der Waals surface area contributed by atoms with Crippen LogP contribution in [-0.4, -0.2) is 0 Å². The van der Waals surface area contributed by atoms with Crippen LogP contribution in [0.4, 0.5) is 34.1 Å². The second kappa shape index (κ2) is 16.0. The van der Waals surface area contributed by atoms with Crippen molar-refractivity contribution < 1.29 is 0 Å². The predicted octanol–water partition coefficient (Wildman–Crippen LogP) is 21.1. The molecule has 4 aliphatic carbocycles. The van der Waals surface area contributed by atoms with Gasteiger partial charge in [0.1, 0.15) is 0 Å². The summed E-state index contributed by atoms with van der Waals surface area (Å²) in [6.45, 7) is 39.1. The lowest BCUT2D eigenvalue weighted by Crippen LogP contribution is -2.34. The van der Waals surface area contributed by atoms with Crippen molar-refractivity contribution in [3.05, 3.63) is 139 Å². The van der Waals surface area contributed by atoms with E-state index in [2.05, 4.69) is 210 Å². The Labute approximate surface area is 440 Å². The van der Waals surface area contributed by atoms with Crippen molar-refractivity contribution in [3.8, 4) is 0 Å². The Morgan fingerprint density at radius 2 is 0.606 bits per heavy atom. The van der Waals surface area contributed by atoms with Gasteiger partial charge in [-0.05, 0) is 206 Å². The van der Waals surface area contributed by atoms with Crippen LogP contribution in [0, 0.1) is 0 Å². The normalized spacial score (nSPS) is 21.5. The maximum Gasteiger partial charge on any atom is 0.0647 e. The SMILES string of the molecule is CC1(C)CCC(C)(C)c2cc(N(c3cc(Cl)cc(N(c4ccc5c(c4)C(C)(C)CCC5(C)C)c4csc5cc6c(cc45)C(C)(C)CCC6(C)C)c3)c3csc4cc5c(cc34)C(C)(C)CCC5(C)C)ccc21. The molecule has 0 amide bonds. The smallest absolute Gasteiger partial charge is 0.0647 e. The Morgan fingerprint density at radius 3 is 0.930 bits per heavy atom. The standard InChI is InChI=1S/C66H79ClN2S2/c1-59(2)21-23-61(5,6)49-32-41(17-19-47(49)59)68(55-38-70-57-36-53-51(34-45(55)57)63(9,10)25-27-65(53,13)14)43-29-40(67)30-44(31-43)69(42-18-20-48-50(33-42)62(7,8)24-22-60(48,3)4)56-39-71-58-37-54-52(35-46(56)58)64(11,12)26-28-66(54,15)16/h17-20,29-39H,21-28H2,1-16H3. The van der Waals surface area contributed by atoms with Gasteiger partial charge in [0.2, 0.25) is 0 Å². The van der Waals surface area contributed by atoms with Crippen molar-refractivity contribution in [2.45, 2.75) is 205 Å². The third-order valence-corrected chi connectivity index (χ3v) is 21.2. The molecule has 71 heavy (non-hydrogen) atoms. The van der Waals surface area contributed by atoms with Crippen molar-refractivity contribution in [1.29, 1.82) is 0 Å². The highest BCUT2D eigenvalue weighted by Gasteiger charge is 2.42. The lowest BCUT2D eigenvalue weighted by Gasteiger charge is -2.43. The molecule has 11 rings (SSSR count). The number of hydrogen-bond donors (Lipinski definition) is 0. The maximum absolute atomic E-state index is 7.65. The lowest BCUT2D eigenvalue weighted by molar-refractivity contribution is 0.332. The minimum atomic E-state index is 0.0476. The lowest BCUT2D eigenvalue weighted by atomic mass is 9.63. The van der Waals surface area contributed by atoms with E-state index in [-0.39, 0.29) is 43.3 Å². The second-order valence-corrected chi connectivity index (χ2v) is 30.2. The zero-order chi connectivity index (χ0) is 50.8. The van der Waals surface area contributed by atoms with E-state index in [1.54, 1.807) is 0 Å². The van der Waals surface area contributed by atoms with E-state index in [0.29, 0.717) is 0 Å². The largest absolute Gasteiger partial charge is 0.309 e. The fourth-order valence-corrected chi connectivity index (χ4v) is 15.7. The van der Waals surface area contributed by atoms with E-state index < -0.39 is 0 Å². The molecule has 0 unspecified atom stereocenters. The van der Waals surface area contributed by atoms with Crippen LogP contribution in [0.3, 0.4) is 0 Å². The molecule has 0 bridgehead atoms. The Morgan fingerprint density at radius 1 is 0.324 bits per heavy atom. The van der Waals surface area contributed by atoms with E-state index in [1.165, 1.54) is 126 Å². The first-order valence-corrected chi connectivity index (χ1v) is 29.0. The summed E-state index contributed by atoms with van der Waals surface area (Å²) in [6.07, 6.45) is 9.44. The van der Waals surface area contributed by atoms with Crippen LogP contribution in [0.25, 0.3) is 20.2 Å². The molecular formula is C66H79ClN2S2. The summed E-state index contributed by atoms with van der Waals surface area (Å²) in [5.41, 5.74) is 19.5. The van der Waals surface area contributed by atoms with Gasteiger partial charge in [-0.3, -0.25) is 0 Å². The van der Waals surface area contributed by atoms with Gasteiger partial charge in [-0.25, -0.2) is 0 Å². The van der Waals surface area contributed by atoms with Gasteiger partial charge < -0.3 is 9.80 Å². The molecule has 2 nitrogen and oxygen atoms in total. The molecule has 5 heteroatoms. The van der Waals surface area contributed by atoms with Gasteiger partial charge in [0.05, 0.1) is 11.4 Å². The van der Waals surface area contributed by atoms with Crippen LogP contribution in [0.1, 0.15) is 207 Å². The number of anilines is 6. The summed E-state index contributed by atoms with van der Waals surface area (Å²) >= 11 is 11.4. The molecule has 0 N–H and O–H groups in total. The first-order valence-electron chi connectivity index (χ1n) is 26.8. The number of hydrogen-bond acceptors (Lipinski definition) is 4. The van der Waals surface area contributed by atoms with E-state index >= 15 is 0 Å². The third kappa shape index (κ3) is 7.96. The van der Waals surface area contributed by atoms with Crippen LogP contribution in [0.5, 0.6) is 0 Å². The summed E-state index contributed by atoms with van der Waals surface area (Å²) in [7, 11) is 0. The van der Waals surface area contributed by atoms with Crippen LogP contribution in [0.2, 0.25) is 5.02 Å². The van der Waals surface area contributed by atoms with Crippen molar-refractivity contribution in [1.82, 2.24) is 0 Å². The summed E-state index contributed by atoms with van der Waals surface area (Å²) in [5.74, 6) is 0. The minimum Gasteiger partial charge on any atom is -0.309 e. The summed E-state index contributed by atoms with van der Waals surface area (Å²) < 4.78 is 2.69. The van der Waals surface area contributed by atoms with E-state index in [9.17, 15) is 0 Å². The molecule has 2 heterocycles. The van der Waals surface area contributed by atoms with Gasteiger partial charge >= 0.3 is 0 Å². The number of benzene rings is 5. The quantitative estimate of drug-likeness (QED) is 0.164. The predicted molar refractivity (Wildman–Crippen MR) is 313 cm³/mol. The first-order chi connectivity index (χ1) is 33.0. The first kappa shape index (κ1) is 49.1. The van der Waals surface area contributed by atoms with Gasteiger partial charge in [-0.1, -0.05) is 135 Å². The number of fused-ring (bicyclic) bond motifs is 6. The maximum atomic E-state index is 7.65. The Kier molecular flexibility index (Phi) is 11.0. The highest BCUT2D eigenvalue weighted by molar-refractivity contribution is 7.18. The average molecular weight is 1000 g/mol. The van der Waals surface area contributed by atoms with E-state index in [1.807, 2.05) is 22.7 Å². The Balaban J connectivity index is 1.18. The van der Waals surface area contributed by atoms with Crippen molar-refractivity contribution >= 4 is 88.6 Å². The zero-order valence-corrected chi connectivity index (χ0v) is 48.3. The number of nitrogens with zero attached hydrogens (tertiary/aromatic N) is 2. The number of rotatable bonds is 6. The molecule has 0 saturated carbocycles. The Hall–Kier alpha value is -4.09. The molecular weight excluding hydrogens is 920 g/mol. The molecule has 0 aliphatic heterocycles. The van der Waals surface area contributed by atoms with Crippen LogP contribution >= 0.6 is 34.3 Å². The molecule has 0 spiro atoms. The number of thiophene rings is 2. The third-order valence-electron chi connectivity index (χ3n) is 19.1. The molecule has 4 aliphatic rings. The van der Waals surface area contributed by atoms with Gasteiger partial charge in [-0.15, -0.1) is 22.7 Å². The number of halogens is 1. The van der Waals surface area contributed by atoms with Gasteiger partial charge in [0, 0.05) is 58.7 Å². The highest BCUT2D eigenvalue weighted by Crippen LogP contribution is 2.56. The Bertz CT molecular complexity index is 3090. The van der Waals surface area contributed by atoms with Crippen LogP contribution < -0.4 is 9.80 Å². The fraction of sp³-hybridized carbons (Fsp3) is 0.485. The van der Waals surface area contributed by atoms with Crippen LogP contribution in [-0.2, 0) is 43.3 Å². The molecule has 2 aromatic heterocycles. The van der Waals surface area contributed by atoms with Gasteiger partial charge in [0.15, 0.2) is 0 Å². The molecule has 7 aromatic rings. The fourth-order valence-electron chi connectivity index (χ4n) is 13.6. The van der Waals surface area contributed by atoms with Crippen molar-refractivity contribution in [2.75, 3.05) is 9.80 Å². The second-order valence-electron chi connectivity index (χ2n) is 27.9. The van der Waals surface area contributed by atoms with E-state index in [4.69, 9.17) is 11.6 Å². The summed E-state index contributed by atoms with van der Waals surface area (Å²) in [4.78, 5) is 5.12. The van der Waals surface area contributed by atoms with E-state index in [0.717, 1.165) is 29.2 Å². The molecule has 0 radical (unpaired) electrons. The highest BCUT2D eigenvalue weighted by atomic mass is 35.5. The van der Waals surface area contributed by atoms with Crippen LogP contribution in [0.15, 0.2) is 89.6 Å².